The molecule has 1 aliphatic rings. The largest absolute Gasteiger partial charge is 0.458 e. The van der Waals surface area contributed by atoms with Gasteiger partial charge in [0.25, 0.3) is 17.7 Å². The lowest BCUT2D eigenvalue weighted by Crippen LogP contribution is -2.45. The first-order valence-corrected chi connectivity index (χ1v) is 16.9. The third-order valence-electron chi connectivity index (χ3n) is 8.63. The molecule has 4 aromatic rings. The summed E-state index contributed by atoms with van der Waals surface area (Å²) in [5.74, 6) is -4.94. The molecular weight excluding hydrogens is 703 g/mol. The van der Waals surface area contributed by atoms with E-state index in [1.807, 2.05) is 13.8 Å². The number of hydrogen-bond donors (Lipinski definition) is 3. The van der Waals surface area contributed by atoms with Crippen LogP contribution in [0.3, 0.4) is 0 Å². The fourth-order valence-electron chi connectivity index (χ4n) is 6.19. The molecule has 53 heavy (non-hydrogen) atoms. The number of alkyl halides is 3. The van der Waals surface area contributed by atoms with E-state index in [0.717, 1.165) is 34.0 Å². The summed E-state index contributed by atoms with van der Waals surface area (Å²) in [6, 6.07) is 5.27. The fraction of sp³-hybridized carbons (Fsp3) is 0.405. The van der Waals surface area contributed by atoms with E-state index in [1.165, 1.54) is 0 Å². The summed E-state index contributed by atoms with van der Waals surface area (Å²) in [6.07, 6.45) is -2.81. The lowest BCUT2D eigenvalue weighted by atomic mass is 9.96. The predicted octanol–water partition coefficient (Wildman–Crippen LogP) is 6.17. The number of rotatable bonds is 10. The smallest absolute Gasteiger partial charge is 0.419 e. The van der Waals surface area contributed by atoms with E-state index in [1.54, 1.807) is 39.8 Å². The molecule has 11 nitrogen and oxygen atoms in total. The molecule has 2 atom stereocenters. The van der Waals surface area contributed by atoms with Gasteiger partial charge in [-0.2, -0.15) is 18.3 Å². The average Bonchev–Trinajstić information content (AvgIpc) is 3.65. The standard InChI is InChI=1S/C37H39F5N6O5/c1-18(2)13-29(35(52)53-36(4,5)6)47-32(49)22-8-9-23-21(19(22)3)10-12-27(23)46-34(51)30-15-28(45-31-26(39)17-44-48(30)31)33(50)43-16-20-7-11-25(38)24(14-20)37(40,41)42/h7-9,11,14-15,17-18,27,29H,10,12-13,16H2,1-6H3,(H,43,50)(H,46,51)(H,47,49)/t27-,29-/m0/s1. The van der Waals surface area contributed by atoms with Crippen molar-refractivity contribution in [1.82, 2.24) is 30.5 Å². The van der Waals surface area contributed by atoms with Gasteiger partial charge in [0.15, 0.2) is 11.5 Å². The third-order valence-corrected chi connectivity index (χ3v) is 8.63. The van der Waals surface area contributed by atoms with Crippen molar-refractivity contribution in [2.24, 2.45) is 5.92 Å². The number of esters is 1. The number of nitrogens with zero attached hydrogens (tertiary/aromatic N) is 3. The Morgan fingerprint density at radius 3 is 2.36 bits per heavy atom. The van der Waals surface area contributed by atoms with Gasteiger partial charge in [-0.15, -0.1) is 0 Å². The number of ether oxygens (including phenoxy) is 1. The Bertz CT molecular complexity index is 2090. The molecule has 1 aliphatic carbocycles. The summed E-state index contributed by atoms with van der Waals surface area (Å²) in [5.41, 5.74) is -0.786. The maximum atomic E-state index is 14.7. The first kappa shape index (κ1) is 38.8. The molecule has 2 aromatic carbocycles. The second-order valence-electron chi connectivity index (χ2n) is 14.3. The summed E-state index contributed by atoms with van der Waals surface area (Å²) < 4.78 is 74.3. The summed E-state index contributed by atoms with van der Waals surface area (Å²) in [5, 5.41) is 12.0. The van der Waals surface area contributed by atoms with E-state index in [-0.39, 0.29) is 17.2 Å². The number of benzene rings is 2. The maximum Gasteiger partial charge on any atom is 0.419 e. The van der Waals surface area contributed by atoms with Crippen LogP contribution >= 0.6 is 0 Å². The summed E-state index contributed by atoms with van der Waals surface area (Å²) in [7, 11) is 0. The SMILES string of the molecule is Cc1c(C(=O)N[C@@H](CC(C)C)C(=O)OC(C)(C)C)ccc2c1CC[C@@H]2NC(=O)c1cc(C(=O)NCc2ccc(F)c(C(F)(F)F)c2)nc2c(F)cnn12. The van der Waals surface area contributed by atoms with Crippen LogP contribution in [0.25, 0.3) is 5.65 Å². The van der Waals surface area contributed by atoms with E-state index in [4.69, 9.17) is 4.74 Å². The Labute approximate surface area is 301 Å². The highest BCUT2D eigenvalue weighted by Crippen LogP contribution is 2.35. The third kappa shape index (κ3) is 8.80. The Balaban J connectivity index is 1.34. The number of fused-ring (bicyclic) bond motifs is 2. The zero-order chi connectivity index (χ0) is 39.0. The zero-order valence-electron chi connectivity index (χ0n) is 29.9. The predicted molar refractivity (Wildman–Crippen MR) is 182 cm³/mol. The maximum absolute atomic E-state index is 14.7. The van der Waals surface area contributed by atoms with Crippen LogP contribution in [0.4, 0.5) is 22.0 Å². The van der Waals surface area contributed by atoms with Crippen LogP contribution in [0.2, 0.25) is 0 Å². The highest BCUT2D eigenvalue weighted by Gasteiger charge is 2.35. The second-order valence-corrected chi connectivity index (χ2v) is 14.3. The van der Waals surface area contributed by atoms with Crippen molar-refractivity contribution in [3.05, 3.63) is 99.0 Å². The molecule has 0 saturated carbocycles. The fourth-order valence-corrected chi connectivity index (χ4v) is 6.19. The Hall–Kier alpha value is -5.41. The Morgan fingerprint density at radius 1 is 0.981 bits per heavy atom. The number of hydrogen-bond acceptors (Lipinski definition) is 7. The van der Waals surface area contributed by atoms with Gasteiger partial charge in [-0.1, -0.05) is 26.0 Å². The molecule has 0 radical (unpaired) electrons. The van der Waals surface area contributed by atoms with Crippen LogP contribution in [0.1, 0.15) is 113 Å². The molecular formula is C37H39F5N6O5. The minimum absolute atomic E-state index is 0.0594. The van der Waals surface area contributed by atoms with E-state index >= 15 is 0 Å². The first-order valence-electron chi connectivity index (χ1n) is 16.9. The lowest BCUT2D eigenvalue weighted by molar-refractivity contribution is -0.157. The van der Waals surface area contributed by atoms with Gasteiger partial charge in [-0.3, -0.25) is 14.4 Å². The van der Waals surface area contributed by atoms with Crippen molar-refractivity contribution in [2.45, 2.75) is 91.2 Å². The van der Waals surface area contributed by atoms with Crippen molar-refractivity contribution in [2.75, 3.05) is 0 Å². The molecule has 2 aromatic heterocycles. The van der Waals surface area contributed by atoms with Crippen LogP contribution < -0.4 is 16.0 Å². The molecule has 0 bridgehead atoms. The van der Waals surface area contributed by atoms with Crippen LogP contribution in [-0.4, -0.2) is 49.9 Å². The molecule has 3 N–H and O–H groups in total. The van der Waals surface area contributed by atoms with Crippen LogP contribution in [-0.2, 0) is 28.7 Å². The van der Waals surface area contributed by atoms with Crippen molar-refractivity contribution < 1.29 is 45.9 Å². The highest BCUT2D eigenvalue weighted by molar-refractivity contribution is 5.99. The molecule has 3 amide bonds. The number of carbonyl (C=O) groups excluding carboxylic acids is 4. The van der Waals surface area contributed by atoms with E-state index in [0.29, 0.717) is 42.5 Å². The van der Waals surface area contributed by atoms with Crippen molar-refractivity contribution in [3.8, 4) is 0 Å². The van der Waals surface area contributed by atoms with E-state index in [9.17, 15) is 41.1 Å². The molecule has 5 rings (SSSR count). The quantitative estimate of drug-likeness (QED) is 0.130. The first-order chi connectivity index (χ1) is 24.7. The van der Waals surface area contributed by atoms with Gasteiger partial charge in [-0.05, 0) is 93.3 Å². The van der Waals surface area contributed by atoms with Crippen molar-refractivity contribution in [1.29, 1.82) is 0 Å². The number of carbonyl (C=O) groups is 4. The monoisotopic (exact) mass is 742 g/mol. The lowest BCUT2D eigenvalue weighted by Gasteiger charge is -2.26. The summed E-state index contributed by atoms with van der Waals surface area (Å²) in [4.78, 5) is 57.1. The van der Waals surface area contributed by atoms with Gasteiger partial charge >= 0.3 is 12.1 Å². The number of halogens is 5. The number of amides is 3. The van der Waals surface area contributed by atoms with Gasteiger partial charge in [0, 0.05) is 18.2 Å². The van der Waals surface area contributed by atoms with E-state index < -0.39 is 82.6 Å². The van der Waals surface area contributed by atoms with Crippen molar-refractivity contribution >= 4 is 29.3 Å². The van der Waals surface area contributed by atoms with Crippen LogP contribution in [0, 0.1) is 24.5 Å². The molecule has 16 heteroatoms. The van der Waals surface area contributed by atoms with Crippen LogP contribution in [0.15, 0.2) is 42.6 Å². The summed E-state index contributed by atoms with van der Waals surface area (Å²) >= 11 is 0. The Kier molecular flexibility index (Phi) is 10.9. The summed E-state index contributed by atoms with van der Waals surface area (Å²) in [6.45, 7) is 10.4. The van der Waals surface area contributed by atoms with Crippen LogP contribution in [0.5, 0.6) is 0 Å². The van der Waals surface area contributed by atoms with Crippen molar-refractivity contribution in [3.63, 3.8) is 0 Å². The molecule has 282 valence electrons. The normalized spacial score (nSPS) is 14.9. The average molecular weight is 743 g/mol. The molecule has 0 unspecified atom stereocenters. The number of aromatic nitrogens is 3. The Morgan fingerprint density at radius 2 is 1.70 bits per heavy atom. The van der Waals surface area contributed by atoms with Gasteiger partial charge in [0.05, 0.1) is 17.8 Å². The van der Waals surface area contributed by atoms with Gasteiger partial charge in [0.1, 0.15) is 28.8 Å². The minimum Gasteiger partial charge on any atom is -0.458 e. The number of nitrogens with one attached hydrogen (secondary N) is 3. The zero-order valence-corrected chi connectivity index (χ0v) is 29.9. The second kappa shape index (κ2) is 14.9. The topological polar surface area (TPSA) is 144 Å². The molecule has 0 fully saturated rings. The highest BCUT2D eigenvalue weighted by atomic mass is 19.4. The van der Waals surface area contributed by atoms with Gasteiger partial charge < -0.3 is 20.7 Å². The van der Waals surface area contributed by atoms with Gasteiger partial charge in [-0.25, -0.2) is 23.1 Å². The minimum atomic E-state index is -4.95. The van der Waals surface area contributed by atoms with E-state index in [2.05, 4.69) is 26.0 Å². The van der Waals surface area contributed by atoms with Gasteiger partial charge in [0.2, 0.25) is 0 Å². The molecule has 0 aliphatic heterocycles. The molecule has 2 heterocycles. The molecule has 0 spiro atoms. The molecule has 0 saturated heterocycles.